The van der Waals surface area contributed by atoms with Crippen molar-refractivity contribution in [3.63, 3.8) is 0 Å². The van der Waals surface area contributed by atoms with Gasteiger partial charge in [0.05, 0.1) is 4.88 Å². The van der Waals surface area contributed by atoms with E-state index in [1.165, 1.54) is 204 Å². The van der Waals surface area contributed by atoms with E-state index in [9.17, 15) is 4.79 Å². The fourth-order valence-electron chi connectivity index (χ4n) is 9.63. The van der Waals surface area contributed by atoms with Crippen LogP contribution in [0.4, 0.5) is 0 Å². The van der Waals surface area contributed by atoms with Crippen molar-refractivity contribution >= 4 is 97.0 Å². The van der Waals surface area contributed by atoms with E-state index in [2.05, 4.69) is 126 Å². The number of unbranched alkanes of at least 4 members (excludes halogenated alkanes) is 12. The van der Waals surface area contributed by atoms with Crippen LogP contribution < -0.4 is 0 Å². The second-order valence-corrected chi connectivity index (χ2v) is 27.7. The Kier molecular flexibility index (Phi) is 19.9. The standard InChI is InChI=1S/C62H69OS8/c1-5-9-13-17-25-43-37-47(41-63)64-59(43)52-33-29-48(65-52)49-31-35-54(67-49)61-45(27-19-15-11-7-3)39-57(70-61)58-40-46(28-20-16-12-8-4)62(71-58)55-36-32-51(68-55)50-30-34-53(66-50)60-44(26-18-14-10-6-2)38-56(69-60)42-23-21-22-24-42/h21-24,29-41H,5-20,25-28H2,1-4H3. The summed E-state index contributed by atoms with van der Waals surface area (Å²) in [7, 11) is 0. The molecule has 0 atom stereocenters. The Morgan fingerprint density at radius 1 is 0.324 bits per heavy atom. The molecule has 8 aromatic rings. The Morgan fingerprint density at radius 3 is 0.986 bits per heavy atom. The van der Waals surface area contributed by atoms with E-state index in [-0.39, 0.29) is 0 Å². The average Bonchev–Trinajstić information content (AvgIpc) is 4.23. The predicted octanol–water partition coefficient (Wildman–Crippen LogP) is 22.9. The number of hydrogen-bond acceptors (Lipinski definition) is 9. The van der Waals surface area contributed by atoms with E-state index < -0.39 is 0 Å². The molecule has 8 heterocycles. The van der Waals surface area contributed by atoms with Gasteiger partial charge >= 0.3 is 0 Å². The van der Waals surface area contributed by atoms with Gasteiger partial charge in [0.2, 0.25) is 0 Å². The second-order valence-electron chi connectivity index (χ2n) is 19.1. The lowest BCUT2D eigenvalue weighted by atomic mass is 10.0. The highest BCUT2D eigenvalue weighted by Gasteiger charge is 2.25. The molecule has 371 valence electrons. The van der Waals surface area contributed by atoms with Crippen molar-refractivity contribution in [2.45, 2.75) is 156 Å². The first-order valence-electron chi connectivity index (χ1n) is 26.6. The molecule has 0 N–H and O–H groups in total. The van der Waals surface area contributed by atoms with Gasteiger partial charge in [-0.05, 0) is 172 Å². The van der Waals surface area contributed by atoms with Crippen LogP contribution in [-0.2, 0) is 25.7 Å². The van der Waals surface area contributed by atoms with E-state index >= 15 is 0 Å². The van der Waals surface area contributed by atoms with Gasteiger partial charge < -0.3 is 0 Å². The third-order valence-corrected chi connectivity index (χ3v) is 23.9. The van der Waals surface area contributed by atoms with Crippen LogP contribution in [0.1, 0.15) is 167 Å². The Labute approximate surface area is 458 Å². The molecule has 1 fully saturated rings. The molecule has 1 aliphatic carbocycles. The molecular formula is C62H69OS8. The maximum absolute atomic E-state index is 11.9. The second kappa shape index (κ2) is 26.7. The van der Waals surface area contributed by atoms with Gasteiger partial charge in [-0.1, -0.05) is 105 Å². The predicted molar refractivity (Wildman–Crippen MR) is 324 cm³/mol. The molecule has 0 bridgehead atoms. The number of hydrogen-bond donors (Lipinski definition) is 0. The summed E-state index contributed by atoms with van der Waals surface area (Å²) in [5.41, 5.74) is 5.89. The van der Waals surface area contributed by atoms with Crippen molar-refractivity contribution in [1.29, 1.82) is 0 Å². The van der Waals surface area contributed by atoms with Crippen molar-refractivity contribution in [2.75, 3.05) is 0 Å². The lowest BCUT2D eigenvalue weighted by Crippen LogP contribution is -1.90. The summed E-state index contributed by atoms with van der Waals surface area (Å²) in [5.74, 6) is 1.34. The first-order valence-corrected chi connectivity index (χ1v) is 33.1. The fraction of sp³-hybridized carbons (Fsp3) is 0.387. The smallest absolute Gasteiger partial charge is 0.160 e. The van der Waals surface area contributed by atoms with Gasteiger partial charge in [-0.15, -0.1) is 90.7 Å². The maximum atomic E-state index is 11.9. The number of carbonyl (C=O) groups is 1. The van der Waals surface area contributed by atoms with Gasteiger partial charge in [0.25, 0.3) is 0 Å². The van der Waals surface area contributed by atoms with E-state index in [0.717, 1.165) is 36.8 Å². The lowest BCUT2D eigenvalue weighted by molar-refractivity contribution is 0.112. The molecule has 1 aliphatic rings. The van der Waals surface area contributed by atoms with Crippen molar-refractivity contribution in [3.05, 3.63) is 136 Å². The minimum Gasteiger partial charge on any atom is -0.297 e. The van der Waals surface area contributed by atoms with Crippen molar-refractivity contribution in [1.82, 2.24) is 0 Å². The molecule has 71 heavy (non-hydrogen) atoms. The number of aldehydes is 1. The zero-order valence-corrected chi connectivity index (χ0v) is 48.7. The summed E-state index contributed by atoms with van der Waals surface area (Å²) >= 11 is 15.5. The molecule has 0 spiro atoms. The summed E-state index contributed by atoms with van der Waals surface area (Å²) in [6, 6.07) is 28.7. The van der Waals surface area contributed by atoms with E-state index in [0.29, 0.717) is 0 Å². The number of carbonyl (C=O) groups excluding carboxylic acids is 1. The summed E-state index contributed by atoms with van der Waals surface area (Å²) in [4.78, 5) is 33.5. The lowest BCUT2D eigenvalue weighted by Gasteiger charge is -2.02. The van der Waals surface area contributed by atoms with Crippen molar-refractivity contribution < 1.29 is 4.79 Å². The first-order chi connectivity index (χ1) is 35.0. The van der Waals surface area contributed by atoms with E-state index in [1.807, 2.05) is 79.4 Å². The summed E-state index contributed by atoms with van der Waals surface area (Å²) in [5, 5.41) is 0. The quantitative estimate of drug-likeness (QED) is 0.0337. The van der Waals surface area contributed by atoms with Gasteiger partial charge in [-0.25, -0.2) is 0 Å². The van der Waals surface area contributed by atoms with Crippen LogP contribution in [0.2, 0.25) is 0 Å². The molecule has 1 saturated carbocycles. The molecule has 0 aliphatic heterocycles. The average molecular weight is 1090 g/mol. The Hall–Kier alpha value is -2.73. The zero-order chi connectivity index (χ0) is 48.9. The SMILES string of the molecule is CCCCCCc1cc(C=O)sc1-c1ccc(-c2ccc(-c3sc(-c4cc(CCCCCC)c(-c5ccc(-c6ccc(-c7sc([C]8[CH][CH][CH][CH]8)cc7CCCCCC)s6)s5)s4)cc3CCCCCC)s2)s1. The molecule has 0 aromatic carbocycles. The molecule has 9 rings (SSSR count). The number of thiophene rings is 8. The highest BCUT2D eigenvalue weighted by Crippen LogP contribution is 2.51. The number of rotatable bonds is 29. The zero-order valence-electron chi connectivity index (χ0n) is 42.1. The molecule has 1 nitrogen and oxygen atoms in total. The van der Waals surface area contributed by atoms with Gasteiger partial charge in [0, 0.05) is 79.1 Å². The molecule has 0 unspecified atom stereocenters. The molecule has 9 heteroatoms. The molecule has 0 saturated heterocycles. The normalized spacial score (nSPS) is 13.1. The Bertz CT molecular complexity index is 2880. The third kappa shape index (κ3) is 13.4. The largest absolute Gasteiger partial charge is 0.297 e. The molecule has 8 aromatic heterocycles. The van der Waals surface area contributed by atoms with Crippen LogP contribution in [0.25, 0.3) is 68.3 Å². The molecule has 0 amide bonds. The van der Waals surface area contributed by atoms with Crippen molar-refractivity contribution in [2.24, 2.45) is 0 Å². The summed E-state index contributed by atoms with van der Waals surface area (Å²) in [6.45, 7) is 9.19. The van der Waals surface area contributed by atoms with Gasteiger partial charge in [0.1, 0.15) is 0 Å². The van der Waals surface area contributed by atoms with Gasteiger partial charge in [-0.2, -0.15) is 0 Å². The van der Waals surface area contributed by atoms with Crippen LogP contribution in [0, 0.1) is 31.6 Å². The first kappa shape index (κ1) is 53.1. The summed E-state index contributed by atoms with van der Waals surface area (Å²) in [6.07, 6.45) is 34.6. The maximum Gasteiger partial charge on any atom is 0.160 e. The van der Waals surface area contributed by atoms with Gasteiger partial charge in [0.15, 0.2) is 6.29 Å². The summed E-state index contributed by atoms with van der Waals surface area (Å²) < 4.78 is 0. The highest BCUT2D eigenvalue weighted by molar-refractivity contribution is 7.31. The minimum atomic E-state index is 0.840. The van der Waals surface area contributed by atoms with Crippen LogP contribution in [0.15, 0.2) is 72.8 Å². The van der Waals surface area contributed by atoms with Gasteiger partial charge in [-0.3, -0.25) is 4.79 Å². The van der Waals surface area contributed by atoms with Crippen molar-refractivity contribution in [3.8, 4) is 68.3 Å². The topological polar surface area (TPSA) is 17.1 Å². The highest BCUT2D eigenvalue weighted by atomic mass is 32.1. The molecular weight excluding hydrogens is 1020 g/mol. The Morgan fingerprint density at radius 2 is 0.634 bits per heavy atom. The van der Waals surface area contributed by atoms with Crippen LogP contribution >= 0.6 is 90.7 Å². The van der Waals surface area contributed by atoms with Crippen LogP contribution in [0.5, 0.6) is 0 Å². The van der Waals surface area contributed by atoms with E-state index in [4.69, 9.17) is 0 Å². The monoisotopic (exact) mass is 1090 g/mol. The van der Waals surface area contributed by atoms with E-state index in [1.54, 1.807) is 11.3 Å². The fourth-order valence-corrected chi connectivity index (χ4v) is 19.2. The third-order valence-electron chi connectivity index (χ3n) is 13.6. The number of aryl methyl sites for hydroxylation is 4. The molecule has 5 radical (unpaired) electrons. The Balaban J connectivity index is 0.986. The van der Waals surface area contributed by atoms with Crippen LogP contribution in [-0.4, -0.2) is 6.29 Å². The minimum absolute atomic E-state index is 0.840. The van der Waals surface area contributed by atoms with Crippen LogP contribution in [0.3, 0.4) is 0 Å².